The van der Waals surface area contributed by atoms with Crippen LogP contribution in [0.5, 0.6) is 0 Å². The summed E-state index contributed by atoms with van der Waals surface area (Å²) in [4.78, 5) is 41.3. The second-order valence-corrected chi connectivity index (χ2v) is 6.75. The van der Waals surface area contributed by atoms with Crippen molar-refractivity contribution in [1.29, 1.82) is 0 Å². The van der Waals surface area contributed by atoms with Crippen molar-refractivity contribution in [2.45, 2.75) is 24.9 Å². The van der Waals surface area contributed by atoms with Crippen LogP contribution < -0.4 is 0 Å². The van der Waals surface area contributed by atoms with Gasteiger partial charge in [0, 0.05) is 20.8 Å². The summed E-state index contributed by atoms with van der Waals surface area (Å²) in [6, 6.07) is 14.5. The molecule has 3 amide bonds. The molecular weight excluding hydrogens is 360 g/mol. The number of fused-ring (bicyclic) bond motifs is 1. The van der Waals surface area contributed by atoms with E-state index in [2.05, 4.69) is 0 Å². The van der Waals surface area contributed by atoms with E-state index in [9.17, 15) is 14.4 Å². The summed E-state index contributed by atoms with van der Waals surface area (Å²) in [7, 11) is 2.94. The van der Waals surface area contributed by atoms with E-state index in [0.717, 1.165) is 10.5 Å². The van der Waals surface area contributed by atoms with E-state index in [1.54, 1.807) is 29.2 Å². The Hall–Kier alpha value is -3.03. The molecule has 0 spiro atoms. The van der Waals surface area contributed by atoms with Gasteiger partial charge in [-0.25, -0.2) is 0 Å². The third-order valence-electron chi connectivity index (χ3n) is 5.26. The fourth-order valence-electron chi connectivity index (χ4n) is 3.91. The van der Waals surface area contributed by atoms with Gasteiger partial charge in [0.1, 0.15) is 12.1 Å². The Morgan fingerprint density at radius 1 is 0.857 bits per heavy atom. The molecule has 1 saturated heterocycles. The van der Waals surface area contributed by atoms with E-state index in [1.165, 1.54) is 14.2 Å². The van der Waals surface area contributed by atoms with Gasteiger partial charge in [-0.05, 0) is 17.7 Å². The van der Waals surface area contributed by atoms with Crippen LogP contribution in [0.3, 0.4) is 0 Å². The molecule has 0 aliphatic carbocycles. The van der Waals surface area contributed by atoms with Gasteiger partial charge in [0.05, 0.1) is 11.1 Å². The normalized spacial score (nSPS) is 21.3. The highest BCUT2D eigenvalue weighted by Gasteiger charge is 2.59. The van der Waals surface area contributed by atoms with E-state index < -0.39 is 30.2 Å². The number of amides is 3. The number of carbonyl (C=O) groups is 3. The zero-order valence-electron chi connectivity index (χ0n) is 15.6. The van der Waals surface area contributed by atoms with Crippen LogP contribution in [0.1, 0.15) is 26.3 Å². The predicted octanol–water partition coefficient (Wildman–Crippen LogP) is 1.68. The Morgan fingerprint density at radius 3 is 1.93 bits per heavy atom. The molecule has 2 atom stereocenters. The highest BCUT2D eigenvalue weighted by atomic mass is 16.7. The zero-order valence-corrected chi connectivity index (χ0v) is 15.6. The number of benzene rings is 2. The Balaban J connectivity index is 1.66. The molecule has 2 aromatic rings. The SMILES string of the molecule is COC(OC)[C@H]1[C@@H](N2C(=O)c3ccccc3C2=O)C(=O)N1Cc1ccccc1. The first kappa shape index (κ1) is 18.3. The maximum Gasteiger partial charge on any atom is 0.262 e. The van der Waals surface area contributed by atoms with Gasteiger partial charge in [-0.15, -0.1) is 0 Å². The molecule has 0 radical (unpaired) electrons. The minimum Gasteiger partial charge on any atom is -0.354 e. The highest BCUT2D eigenvalue weighted by Crippen LogP contribution is 2.35. The topological polar surface area (TPSA) is 76.1 Å². The van der Waals surface area contributed by atoms with Crippen LogP contribution in [0.2, 0.25) is 0 Å². The number of hydrogen-bond donors (Lipinski definition) is 0. The van der Waals surface area contributed by atoms with Crippen LogP contribution in [0.15, 0.2) is 54.6 Å². The molecular formula is C21H20N2O5. The first-order valence-electron chi connectivity index (χ1n) is 8.95. The molecule has 4 rings (SSSR count). The van der Waals surface area contributed by atoms with E-state index in [1.807, 2.05) is 30.3 Å². The largest absolute Gasteiger partial charge is 0.354 e. The third-order valence-corrected chi connectivity index (χ3v) is 5.26. The Morgan fingerprint density at radius 2 is 1.39 bits per heavy atom. The number of methoxy groups -OCH3 is 2. The smallest absolute Gasteiger partial charge is 0.262 e. The maximum absolute atomic E-state index is 13.0. The van der Waals surface area contributed by atoms with E-state index >= 15 is 0 Å². The van der Waals surface area contributed by atoms with Gasteiger partial charge in [0.2, 0.25) is 5.91 Å². The molecule has 7 heteroatoms. The number of imide groups is 1. The zero-order chi connectivity index (χ0) is 19.8. The quantitative estimate of drug-likeness (QED) is 0.433. The Bertz CT molecular complexity index is 890. The Kier molecular flexibility index (Phi) is 4.70. The molecule has 0 bridgehead atoms. The van der Waals surface area contributed by atoms with Crippen LogP contribution in [-0.2, 0) is 20.8 Å². The minimum absolute atomic E-state index is 0.303. The first-order valence-corrected chi connectivity index (χ1v) is 8.95. The molecule has 2 heterocycles. The molecule has 0 N–H and O–H groups in total. The van der Waals surface area contributed by atoms with Crippen LogP contribution in [0, 0.1) is 0 Å². The molecule has 28 heavy (non-hydrogen) atoms. The molecule has 2 aliphatic rings. The molecule has 0 aromatic heterocycles. The van der Waals surface area contributed by atoms with Crippen molar-refractivity contribution in [3.63, 3.8) is 0 Å². The lowest BCUT2D eigenvalue weighted by Crippen LogP contribution is -2.74. The molecule has 1 fully saturated rings. The molecule has 2 aliphatic heterocycles. The monoisotopic (exact) mass is 380 g/mol. The average molecular weight is 380 g/mol. The third kappa shape index (κ3) is 2.71. The van der Waals surface area contributed by atoms with Crippen molar-refractivity contribution >= 4 is 17.7 Å². The number of hydrogen-bond acceptors (Lipinski definition) is 5. The van der Waals surface area contributed by atoms with Crippen LogP contribution in [0.25, 0.3) is 0 Å². The van der Waals surface area contributed by atoms with Crippen molar-refractivity contribution in [2.24, 2.45) is 0 Å². The van der Waals surface area contributed by atoms with Gasteiger partial charge in [-0.1, -0.05) is 42.5 Å². The second kappa shape index (κ2) is 7.18. The van der Waals surface area contributed by atoms with E-state index in [-0.39, 0.29) is 5.91 Å². The fraction of sp³-hybridized carbons (Fsp3) is 0.286. The molecule has 0 saturated carbocycles. The summed E-state index contributed by atoms with van der Waals surface area (Å²) in [5.41, 5.74) is 1.56. The van der Waals surface area contributed by atoms with Gasteiger partial charge >= 0.3 is 0 Å². The molecule has 144 valence electrons. The summed E-state index contributed by atoms with van der Waals surface area (Å²) in [5, 5.41) is 0. The number of nitrogens with zero attached hydrogens (tertiary/aromatic N) is 2. The fourth-order valence-corrected chi connectivity index (χ4v) is 3.91. The van der Waals surface area contributed by atoms with E-state index in [4.69, 9.17) is 9.47 Å². The van der Waals surface area contributed by atoms with Gasteiger partial charge in [0.25, 0.3) is 11.8 Å². The average Bonchev–Trinajstić information content (AvgIpc) is 2.98. The summed E-state index contributed by atoms with van der Waals surface area (Å²) >= 11 is 0. The standard InChI is InChI=1S/C21H20N2O5/c1-27-21(28-2)17-16(20(26)22(17)12-13-8-4-3-5-9-13)23-18(24)14-10-6-7-11-15(14)19(23)25/h3-11,16-17,21H,12H2,1-2H3/t16-,17-/m1/s1. The number of ether oxygens (including phenoxy) is 2. The maximum atomic E-state index is 13.0. The number of β-lactam (4-membered cyclic amide) rings is 1. The van der Waals surface area contributed by atoms with Crippen molar-refractivity contribution < 1.29 is 23.9 Å². The molecule has 0 unspecified atom stereocenters. The summed E-state index contributed by atoms with van der Waals surface area (Å²) < 4.78 is 10.8. The van der Waals surface area contributed by atoms with E-state index in [0.29, 0.717) is 17.7 Å². The summed E-state index contributed by atoms with van der Waals surface area (Å²) in [6.07, 6.45) is -0.768. The van der Waals surface area contributed by atoms with Gasteiger partial charge in [0.15, 0.2) is 6.29 Å². The summed E-state index contributed by atoms with van der Waals surface area (Å²) in [6.45, 7) is 0.341. The summed E-state index contributed by atoms with van der Waals surface area (Å²) in [5.74, 6) is -1.23. The van der Waals surface area contributed by atoms with Crippen LogP contribution in [0.4, 0.5) is 0 Å². The van der Waals surface area contributed by atoms with Crippen LogP contribution >= 0.6 is 0 Å². The van der Waals surface area contributed by atoms with Gasteiger partial charge in [-0.3, -0.25) is 19.3 Å². The van der Waals surface area contributed by atoms with Crippen molar-refractivity contribution in [3.05, 3.63) is 71.3 Å². The Labute approximate surface area is 162 Å². The second-order valence-electron chi connectivity index (χ2n) is 6.75. The van der Waals surface area contributed by atoms with Gasteiger partial charge < -0.3 is 14.4 Å². The predicted molar refractivity (Wildman–Crippen MR) is 99.3 cm³/mol. The lowest BCUT2D eigenvalue weighted by atomic mass is 9.91. The number of likely N-dealkylation sites (tertiary alicyclic amines) is 1. The van der Waals surface area contributed by atoms with Crippen molar-refractivity contribution in [2.75, 3.05) is 14.2 Å². The van der Waals surface area contributed by atoms with Crippen molar-refractivity contribution in [3.8, 4) is 0 Å². The number of carbonyl (C=O) groups excluding carboxylic acids is 3. The lowest BCUT2D eigenvalue weighted by molar-refractivity contribution is -0.201. The van der Waals surface area contributed by atoms with Gasteiger partial charge in [-0.2, -0.15) is 0 Å². The lowest BCUT2D eigenvalue weighted by Gasteiger charge is -2.51. The minimum atomic E-state index is -0.957. The number of rotatable bonds is 6. The first-order chi connectivity index (χ1) is 13.6. The van der Waals surface area contributed by atoms with Crippen molar-refractivity contribution in [1.82, 2.24) is 9.80 Å². The molecule has 7 nitrogen and oxygen atoms in total. The van der Waals surface area contributed by atoms with Crippen LogP contribution in [-0.4, -0.2) is 60.1 Å². The highest BCUT2D eigenvalue weighted by molar-refractivity contribution is 6.23. The molecule has 2 aromatic carbocycles.